The number of anilines is 1. The molecule has 1 aromatic carbocycles. The molecule has 0 saturated heterocycles. The molecule has 0 spiro atoms. The molecular formula is C15H16N4O2. The molecule has 1 heterocycles. The first-order valence-corrected chi connectivity index (χ1v) is 6.87. The fraction of sp³-hybridized carbons (Fsp3) is 0.267. The fourth-order valence-electron chi connectivity index (χ4n) is 2.65. The Bertz CT molecular complexity index is 705. The van der Waals surface area contributed by atoms with Gasteiger partial charge >= 0.3 is 0 Å². The first-order valence-electron chi connectivity index (χ1n) is 6.87. The van der Waals surface area contributed by atoms with Gasteiger partial charge in [0, 0.05) is 11.9 Å². The van der Waals surface area contributed by atoms with Crippen molar-refractivity contribution in [2.24, 2.45) is 5.73 Å². The fourth-order valence-corrected chi connectivity index (χ4v) is 2.65. The van der Waals surface area contributed by atoms with Crippen molar-refractivity contribution in [3.63, 3.8) is 0 Å². The van der Waals surface area contributed by atoms with Crippen molar-refractivity contribution in [3.05, 3.63) is 47.3 Å². The second kappa shape index (κ2) is 5.40. The van der Waals surface area contributed by atoms with E-state index in [1.165, 1.54) is 34.5 Å². The smallest absolute Gasteiger partial charge is 0.266 e. The number of primary amides is 1. The molecule has 0 radical (unpaired) electrons. The maximum atomic E-state index is 12.0. The second-order valence-electron chi connectivity index (χ2n) is 5.12. The highest BCUT2D eigenvalue weighted by atomic mass is 16.2. The van der Waals surface area contributed by atoms with E-state index in [1.807, 2.05) is 12.1 Å². The predicted molar refractivity (Wildman–Crippen MR) is 77.8 cm³/mol. The summed E-state index contributed by atoms with van der Waals surface area (Å²) in [6, 6.07) is 7.46. The highest BCUT2D eigenvalue weighted by Gasteiger charge is 2.14. The maximum absolute atomic E-state index is 12.0. The number of carbonyl (C=O) groups is 2. The zero-order valence-corrected chi connectivity index (χ0v) is 11.5. The number of amides is 2. The Kier molecular flexibility index (Phi) is 3.43. The number of fused-ring (bicyclic) bond motifs is 1. The van der Waals surface area contributed by atoms with Crippen molar-refractivity contribution < 1.29 is 9.59 Å². The highest BCUT2D eigenvalue weighted by molar-refractivity contribution is 5.93. The lowest BCUT2D eigenvalue weighted by Gasteiger charge is -2.08. The number of nitrogens with zero attached hydrogens (tertiary/aromatic N) is 2. The standard InChI is InChI=1S/C15H16N4O2/c16-15(21)13-6-7-17-19(13)9-14(20)18-12-5-4-10-2-1-3-11(10)8-12/h4-8H,1-3,9H2,(H2,16,21)(H,18,20). The van der Waals surface area contributed by atoms with Gasteiger partial charge in [-0.3, -0.25) is 14.3 Å². The summed E-state index contributed by atoms with van der Waals surface area (Å²) >= 11 is 0. The SMILES string of the molecule is NC(=O)c1ccnn1CC(=O)Nc1ccc2c(c1)CCC2. The third-order valence-electron chi connectivity index (χ3n) is 3.64. The van der Waals surface area contributed by atoms with Crippen LogP contribution in [0.2, 0.25) is 0 Å². The van der Waals surface area contributed by atoms with E-state index in [2.05, 4.69) is 16.5 Å². The Morgan fingerprint density at radius 1 is 1.24 bits per heavy atom. The number of nitrogens with one attached hydrogen (secondary N) is 1. The quantitative estimate of drug-likeness (QED) is 0.881. The van der Waals surface area contributed by atoms with Gasteiger partial charge in [-0.2, -0.15) is 5.10 Å². The van der Waals surface area contributed by atoms with E-state index in [-0.39, 0.29) is 18.1 Å². The van der Waals surface area contributed by atoms with Gasteiger partial charge < -0.3 is 11.1 Å². The van der Waals surface area contributed by atoms with E-state index >= 15 is 0 Å². The highest BCUT2D eigenvalue weighted by Crippen LogP contribution is 2.24. The van der Waals surface area contributed by atoms with Gasteiger partial charge in [0.25, 0.3) is 5.91 Å². The van der Waals surface area contributed by atoms with Crippen LogP contribution in [0.5, 0.6) is 0 Å². The van der Waals surface area contributed by atoms with Crippen LogP contribution >= 0.6 is 0 Å². The van der Waals surface area contributed by atoms with Crippen LogP contribution in [-0.2, 0) is 24.2 Å². The van der Waals surface area contributed by atoms with Crippen LogP contribution < -0.4 is 11.1 Å². The van der Waals surface area contributed by atoms with Crippen molar-refractivity contribution in [2.75, 3.05) is 5.32 Å². The number of hydrogen-bond acceptors (Lipinski definition) is 3. The molecule has 2 amide bonds. The van der Waals surface area contributed by atoms with Crippen LogP contribution in [0.4, 0.5) is 5.69 Å². The molecule has 1 aliphatic rings. The molecule has 0 fully saturated rings. The summed E-state index contributed by atoms with van der Waals surface area (Å²) in [7, 11) is 0. The molecule has 2 aromatic rings. The molecule has 0 unspecified atom stereocenters. The van der Waals surface area contributed by atoms with Crippen molar-refractivity contribution >= 4 is 17.5 Å². The van der Waals surface area contributed by atoms with Crippen LogP contribution in [0, 0.1) is 0 Å². The maximum Gasteiger partial charge on any atom is 0.266 e. The molecule has 1 aliphatic carbocycles. The lowest BCUT2D eigenvalue weighted by atomic mass is 10.1. The Labute approximate surface area is 121 Å². The van der Waals surface area contributed by atoms with Gasteiger partial charge in [-0.15, -0.1) is 0 Å². The van der Waals surface area contributed by atoms with Crippen molar-refractivity contribution in [3.8, 4) is 0 Å². The van der Waals surface area contributed by atoms with Crippen LogP contribution in [0.1, 0.15) is 28.0 Å². The summed E-state index contributed by atoms with van der Waals surface area (Å²) in [5, 5.41) is 6.76. The summed E-state index contributed by atoms with van der Waals surface area (Å²) in [6.07, 6.45) is 4.79. The number of hydrogen-bond donors (Lipinski definition) is 2. The first-order chi connectivity index (χ1) is 10.1. The third kappa shape index (κ3) is 2.79. The molecule has 0 atom stereocenters. The van der Waals surface area contributed by atoms with E-state index in [0.29, 0.717) is 0 Å². The van der Waals surface area contributed by atoms with Crippen molar-refractivity contribution in [1.29, 1.82) is 0 Å². The topological polar surface area (TPSA) is 90.0 Å². The van der Waals surface area contributed by atoms with E-state index < -0.39 is 5.91 Å². The molecular weight excluding hydrogens is 268 g/mol. The van der Waals surface area contributed by atoms with Crippen molar-refractivity contribution in [1.82, 2.24) is 9.78 Å². The molecule has 3 N–H and O–H groups in total. The summed E-state index contributed by atoms with van der Waals surface area (Å²) in [4.78, 5) is 23.2. The zero-order valence-electron chi connectivity index (χ0n) is 11.5. The van der Waals surface area contributed by atoms with Crippen LogP contribution in [0.3, 0.4) is 0 Å². The van der Waals surface area contributed by atoms with Crippen molar-refractivity contribution in [2.45, 2.75) is 25.8 Å². The first kappa shape index (κ1) is 13.4. The minimum atomic E-state index is -0.599. The van der Waals surface area contributed by atoms with Crippen LogP contribution in [0.25, 0.3) is 0 Å². The number of aryl methyl sites for hydroxylation is 2. The molecule has 0 aliphatic heterocycles. The van der Waals surface area contributed by atoms with Gasteiger partial charge in [0.2, 0.25) is 5.91 Å². The number of benzene rings is 1. The predicted octanol–water partition coefficient (Wildman–Crippen LogP) is 1.11. The van der Waals surface area contributed by atoms with Crippen LogP contribution in [0.15, 0.2) is 30.5 Å². The summed E-state index contributed by atoms with van der Waals surface area (Å²) < 4.78 is 1.30. The van der Waals surface area contributed by atoms with Gasteiger partial charge in [-0.25, -0.2) is 0 Å². The molecule has 0 saturated carbocycles. The monoisotopic (exact) mass is 284 g/mol. The summed E-state index contributed by atoms with van der Waals surface area (Å²) in [6.45, 7) is -0.0393. The molecule has 0 bridgehead atoms. The zero-order chi connectivity index (χ0) is 14.8. The average molecular weight is 284 g/mol. The number of nitrogens with two attached hydrogens (primary N) is 1. The summed E-state index contributed by atoms with van der Waals surface area (Å²) in [5.41, 5.74) is 8.86. The minimum Gasteiger partial charge on any atom is -0.364 e. The Morgan fingerprint density at radius 3 is 2.86 bits per heavy atom. The van der Waals surface area contributed by atoms with Gasteiger partial charge in [-0.05, 0) is 48.6 Å². The Hall–Kier alpha value is -2.63. The molecule has 6 nitrogen and oxygen atoms in total. The van der Waals surface area contributed by atoms with E-state index in [9.17, 15) is 9.59 Å². The molecule has 6 heteroatoms. The third-order valence-corrected chi connectivity index (χ3v) is 3.64. The van der Waals surface area contributed by atoms with E-state index in [0.717, 1.165) is 18.5 Å². The molecule has 3 rings (SSSR count). The van der Waals surface area contributed by atoms with Crippen LogP contribution in [-0.4, -0.2) is 21.6 Å². The molecule has 21 heavy (non-hydrogen) atoms. The molecule has 1 aromatic heterocycles. The van der Waals surface area contributed by atoms with E-state index in [4.69, 9.17) is 5.73 Å². The van der Waals surface area contributed by atoms with Gasteiger partial charge in [0.15, 0.2) is 0 Å². The second-order valence-corrected chi connectivity index (χ2v) is 5.12. The summed E-state index contributed by atoms with van der Waals surface area (Å²) in [5.74, 6) is -0.836. The number of aromatic nitrogens is 2. The normalized spacial score (nSPS) is 13.0. The minimum absolute atomic E-state index is 0.0393. The Morgan fingerprint density at radius 2 is 2.05 bits per heavy atom. The average Bonchev–Trinajstić information content (AvgIpc) is 3.06. The lowest BCUT2D eigenvalue weighted by Crippen LogP contribution is -2.24. The van der Waals surface area contributed by atoms with Gasteiger partial charge in [0.05, 0.1) is 0 Å². The molecule has 108 valence electrons. The largest absolute Gasteiger partial charge is 0.364 e. The van der Waals surface area contributed by atoms with Gasteiger partial charge in [0.1, 0.15) is 12.2 Å². The van der Waals surface area contributed by atoms with E-state index in [1.54, 1.807) is 0 Å². The number of carbonyl (C=O) groups excluding carboxylic acids is 2. The lowest BCUT2D eigenvalue weighted by molar-refractivity contribution is -0.116. The van der Waals surface area contributed by atoms with Gasteiger partial charge in [-0.1, -0.05) is 6.07 Å². The Balaban J connectivity index is 1.69. The number of rotatable bonds is 4.